The molecular weight excluding hydrogens is 252 g/mol. The van der Waals surface area contributed by atoms with Crippen LogP contribution in [0.25, 0.3) is 0 Å². The topological polar surface area (TPSA) is 75.4 Å². The van der Waals surface area contributed by atoms with Crippen LogP contribution in [0.1, 0.15) is 27.0 Å². The van der Waals surface area contributed by atoms with E-state index in [9.17, 15) is 9.90 Å². The van der Waals surface area contributed by atoms with Gasteiger partial charge in [-0.1, -0.05) is 18.2 Å². The summed E-state index contributed by atoms with van der Waals surface area (Å²) in [5.41, 5.74) is 9.42. The molecule has 104 valence electrons. The first-order chi connectivity index (χ1) is 9.51. The highest BCUT2D eigenvalue weighted by Gasteiger charge is 2.10. The second-order valence-electron chi connectivity index (χ2n) is 4.81. The second kappa shape index (κ2) is 5.75. The van der Waals surface area contributed by atoms with Gasteiger partial charge in [-0.05, 0) is 48.7 Å². The maximum Gasteiger partial charge on any atom is 0.255 e. The lowest BCUT2D eigenvalue weighted by Crippen LogP contribution is -2.13. The molecule has 0 bridgehead atoms. The number of hydrogen-bond donors (Lipinski definition) is 3. The van der Waals surface area contributed by atoms with Crippen molar-refractivity contribution in [2.75, 3.05) is 5.32 Å². The van der Waals surface area contributed by atoms with Crippen LogP contribution in [-0.2, 0) is 6.54 Å². The molecule has 2 rings (SSSR count). The quantitative estimate of drug-likeness (QED) is 0.802. The number of carbonyl (C=O) groups is 1. The monoisotopic (exact) mass is 270 g/mol. The zero-order valence-corrected chi connectivity index (χ0v) is 11.6. The SMILES string of the molecule is Cc1ccc(C(=O)Nc2cc(CN)ccc2C)cc1O. The van der Waals surface area contributed by atoms with Gasteiger partial charge in [-0.3, -0.25) is 4.79 Å². The summed E-state index contributed by atoms with van der Waals surface area (Å²) >= 11 is 0. The third kappa shape index (κ3) is 2.97. The third-order valence-electron chi connectivity index (χ3n) is 3.26. The zero-order chi connectivity index (χ0) is 14.7. The van der Waals surface area contributed by atoms with E-state index in [-0.39, 0.29) is 11.7 Å². The average Bonchev–Trinajstić information content (AvgIpc) is 2.44. The molecule has 2 aromatic carbocycles. The molecule has 0 aliphatic rings. The molecule has 0 atom stereocenters. The van der Waals surface area contributed by atoms with Gasteiger partial charge < -0.3 is 16.2 Å². The van der Waals surface area contributed by atoms with Crippen LogP contribution in [-0.4, -0.2) is 11.0 Å². The number of phenolic OH excluding ortho intramolecular Hbond substituents is 1. The van der Waals surface area contributed by atoms with Gasteiger partial charge in [0, 0.05) is 17.8 Å². The summed E-state index contributed by atoms with van der Waals surface area (Å²) in [6, 6.07) is 10.6. The van der Waals surface area contributed by atoms with Crippen molar-refractivity contribution in [1.82, 2.24) is 0 Å². The van der Waals surface area contributed by atoms with Crippen LogP contribution in [0.2, 0.25) is 0 Å². The number of aryl methyl sites for hydroxylation is 2. The Bertz CT molecular complexity index is 651. The fourth-order valence-electron chi connectivity index (χ4n) is 1.88. The van der Waals surface area contributed by atoms with Crippen LogP contribution in [0.15, 0.2) is 36.4 Å². The molecule has 2 aromatic rings. The van der Waals surface area contributed by atoms with Crippen LogP contribution in [0.5, 0.6) is 5.75 Å². The van der Waals surface area contributed by atoms with Gasteiger partial charge in [-0.25, -0.2) is 0 Å². The van der Waals surface area contributed by atoms with Crippen molar-refractivity contribution in [1.29, 1.82) is 0 Å². The lowest BCUT2D eigenvalue weighted by atomic mass is 10.1. The summed E-state index contributed by atoms with van der Waals surface area (Å²) in [5.74, 6) is -0.136. The summed E-state index contributed by atoms with van der Waals surface area (Å²) < 4.78 is 0. The molecule has 1 amide bonds. The Balaban J connectivity index is 2.25. The minimum Gasteiger partial charge on any atom is -0.508 e. The van der Waals surface area contributed by atoms with E-state index >= 15 is 0 Å². The van der Waals surface area contributed by atoms with Gasteiger partial charge in [0.1, 0.15) is 5.75 Å². The molecule has 20 heavy (non-hydrogen) atoms. The maximum absolute atomic E-state index is 12.2. The Hall–Kier alpha value is -2.33. The smallest absolute Gasteiger partial charge is 0.255 e. The number of nitrogens with two attached hydrogens (primary N) is 1. The number of carbonyl (C=O) groups excluding carboxylic acids is 1. The van der Waals surface area contributed by atoms with E-state index in [4.69, 9.17) is 5.73 Å². The normalized spacial score (nSPS) is 10.3. The molecule has 0 aliphatic carbocycles. The number of nitrogens with one attached hydrogen (secondary N) is 1. The van der Waals surface area contributed by atoms with Crippen LogP contribution in [0.4, 0.5) is 5.69 Å². The molecular formula is C16H18N2O2. The summed E-state index contributed by atoms with van der Waals surface area (Å²) in [7, 11) is 0. The molecule has 0 saturated heterocycles. The first-order valence-electron chi connectivity index (χ1n) is 6.42. The summed E-state index contributed by atoms with van der Waals surface area (Å²) in [6.45, 7) is 4.13. The summed E-state index contributed by atoms with van der Waals surface area (Å²) in [6.07, 6.45) is 0. The van der Waals surface area contributed by atoms with E-state index in [1.807, 2.05) is 25.1 Å². The van der Waals surface area contributed by atoms with Crippen LogP contribution >= 0.6 is 0 Å². The van der Waals surface area contributed by atoms with E-state index < -0.39 is 0 Å². The van der Waals surface area contributed by atoms with Gasteiger partial charge in [-0.2, -0.15) is 0 Å². The zero-order valence-electron chi connectivity index (χ0n) is 11.6. The predicted octanol–water partition coefficient (Wildman–Crippen LogP) is 2.72. The highest BCUT2D eigenvalue weighted by molar-refractivity contribution is 6.05. The number of hydrogen-bond acceptors (Lipinski definition) is 3. The highest BCUT2D eigenvalue weighted by atomic mass is 16.3. The van der Waals surface area contributed by atoms with Gasteiger partial charge in [0.2, 0.25) is 0 Å². The molecule has 0 radical (unpaired) electrons. The molecule has 4 nitrogen and oxygen atoms in total. The standard InChI is InChI=1S/C16H18N2O2/c1-10-3-5-12(9-17)7-14(10)18-16(20)13-6-4-11(2)15(19)8-13/h3-8,19H,9,17H2,1-2H3,(H,18,20). The minimum absolute atomic E-state index is 0.116. The predicted molar refractivity (Wildman–Crippen MR) is 79.9 cm³/mol. The first kappa shape index (κ1) is 14.1. The van der Waals surface area contributed by atoms with Crippen molar-refractivity contribution in [3.8, 4) is 5.75 Å². The van der Waals surface area contributed by atoms with Crippen LogP contribution < -0.4 is 11.1 Å². The lowest BCUT2D eigenvalue weighted by molar-refractivity contribution is 0.102. The number of phenols is 1. The number of amides is 1. The average molecular weight is 270 g/mol. The highest BCUT2D eigenvalue weighted by Crippen LogP contribution is 2.20. The fraction of sp³-hybridized carbons (Fsp3) is 0.188. The molecule has 0 aliphatic heterocycles. The molecule has 0 fully saturated rings. The van der Waals surface area contributed by atoms with Gasteiger partial charge in [0.05, 0.1) is 0 Å². The van der Waals surface area contributed by atoms with E-state index in [0.29, 0.717) is 12.1 Å². The number of rotatable bonds is 3. The maximum atomic E-state index is 12.2. The molecule has 0 unspecified atom stereocenters. The van der Waals surface area contributed by atoms with Crippen LogP contribution in [0, 0.1) is 13.8 Å². The Labute approximate surface area is 118 Å². The Morgan fingerprint density at radius 1 is 1.15 bits per heavy atom. The molecule has 4 N–H and O–H groups in total. The number of anilines is 1. The van der Waals surface area contributed by atoms with E-state index in [0.717, 1.165) is 22.4 Å². The van der Waals surface area contributed by atoms with Crippen molar-refractivity contribution in [2.24, 2.45) is 5.73 Å². The van der Waals surface area contributed by atoms with E-state index in [1.54, 1.807) is 19.1 Å². The fourth-order valence-corrected chi connectivity index (χ4v) is 1.88. The van der Waals surface area contributed by atoms with Crippen molar-refractivity contribution in [2.45, 2.75) is 20.4 Å². The van der Waals surface area contributed by atoms with Crippen molar-refractivity contribution in [3.63, 3.8) is 0 Å². The van der Waals surface area contributed by atoms with E-state index in [2.05, 4.69) is 5.32 Å². The number of benzene rings is 2. The molecule has 0 aromatic heterocycles. The Morgan fingerprint density at radius 3 is 2.50 bits per heavy atom. The van der Waals surface area contributed by atoms with Crippen LogP contribution in [0.3, 0.4) is 0 Å². The van der Waals surface area contributed by atoms with Crippen molar-refractivity contribution >= 4 is 11.6 Å². The molecule has 0 spiro atoms. The van der Waals surface area contributed by atoms with Gasteiger partial charge in [0.25, 0.3) is 5.91 Å². The lowest BCUT2D eigenvalue weighted by Gasteiger charge is -2.10. The Kier molecular flexibility index (Phi) is 4.05. The van der Waals surface area contributed by atoms with Crippen molar-refractivity contribution in [3.05, 3.63) is 58.7 Å². The number of aromatic hydroxyl groups is 1. The van der Waals surface area contributed by atoms with Gasteiger partial charge >= 0.3 is 0 Å². The summed E-state index contributed by atoms with van der Waals surface area (Å²) in [5, 5.41) is 12.5. The van der Waals surface area contributed by atoms with Gasteiger partial charge in [0.15, 0.2) is 0 Å². The third-order valence-corrected chi connectivity index (χ3v) is 3.26. The van der Waals surface area contributed by atoms with Crippen molar-refractivity contribution < 1.29 is 9.90 Å². The molecule has 4 heteroatoms. The largest absolute Gasteiger partial charge is 0.508 e. The first-order valence-corrected chi connectivity index (χ1v) is 6.42. The minimum atomic E-state index is -0.252. The summed E-state index contributed by atoms with van der Waals surface area (Å²) in [4.78, 5) is 12.2. The Morgan fingerprint density at radius 2 is 1.85 bits per heavy atom. The molecule has 0 heterocycles. The van der Waals surface area contributed by atoms with E-state index in [1.165, 1.54) is 6.07 Å². The van der Waals surface area contributed by atoms with Gasteiger partial charge in [-0.15, -0.1) is 0 Å². The molecule has 0 saturated carbocycles. The second-order valence-corrected chi connectivity index (χ2v) is 4.81.